The summed E-state index contributed by atoms with van der Waals surface area (Å²) in [7, 11) is 0. The minimum Gasteiger partial charge on any atom is -0.381 e. The van der Waals surface area contributed by atoms with E-state index in [9.17, 15) is 4.57 Å². The highest BCUT2D eigenvalue weighted by Gasteiger charge is 2.02. The van der Waals surface area contributed by atoms with Crippen LogP contribution >= 0.6 is 28.6 Å². The van der Waals surface area contributed by atoms with Gasteiger partial charge in [0.25, 0.3) is 0 Å². The van der Waals surface area contributed by atoms with Crippen LogP contribution in [0.25, 0.3) is 0 Å². The minimum absolute atomic E-state index is 1.00. The van der Waals surface area contributed by atoms with Gasteiger partial charge in [-0.1, -0.05) is 0 Å². The van der Waals surface area contributed by atoms with Gasteiger partial charge in [-0.3, -0.25) is 4.57 Å². The average molecular weight is 207 g/mol. The van der Waals surface area contributed by atoms with Gasteiger partial charge in [0.1, 0.15) is 0 Å². The zero-order valence-electron chi connectivity index (χ0n) is 5.30. The van der Waals surface area contributed by atoms with Gasteiger partial charge in [0.2, 0.25) is 0 Å². The van der Waals surface area contributed by atoms with Gasteiger partial charge in [-0.25, -0.2) is 0 Å². The van der Waals surface area contributed by atoms with Crippen molar-refractivity contribution in [3.63, 3.8) is 0 Å². The summed E-state index contributed by atoms with van der Waals surface area (Å²) in [4.78, 5) is 7.61. The Balaban J connectivity index is 0.000000162. The Labute approximate surface area is 69.3 Å². The molecule has 0 aromatic carbocycles. The van der Waals surface area contributed by atoms with Crippen molar-refractivity contribution in [2.24, 2.45) is 0 Å². The van der Waals surface area contributed by atoms with E-state index in [0.717, 1.165) is 13.2 Å². The highest BCUT2D eigenvalue weighted by molar-refractivity contribution is 8.04. The second-order valence-corrected chi connectivity index (χ2v) is 5.89. The van der Waals surface area contributed by atoms with E-state index in [1.54, 1.807) is 0 Å². The lowest BCUT2D eigenvalue weighted by molar-refractivity contribution is 0.198. The topological polar surface area (TPSA) is 46.5 Å². The minimum atomic E-state index is -3.69. The molecule has 1 aliphatic heterocycles. The van der Waals surface area contributed by atoms with Crippen LogP contribution in [0.3, 0.4) is 0 Å². The molecule has 1 rings (SSSR count). The molecule has 62 valence electrons. The Morgan fingerprint density at radius 2 is 1.60 bits per heavy atom. The van der Waals surface area contributed by atoms with Crippen LogP contribution < -0.4 is 0 Å². The zero-order valence-corrected chi connectivity index (χ0v) is 7.70. The Bertz CT molecular complexity index is 104. The smallest absolute Gasteiger partial charge is 0.377 e. The van der Waals surface area contributed by atoms with Crippen LogP contribution in [0.2, 0.25) is 0 Å². The van der Waals surface area contributed by atoms with Gasteiger partial charge < -0.3 is 9.63 Å². The fourth-order valence-electron chi connectivity index (χ4n) is 0.510. The molecule has 0 atom stereocenters. The van der Waals surface area contributed by atoms with E-state index in [-0.39, 0.29) is 0 Å². The molecule has 0 radical (unpaired) electrons. The van der Waals surface area contributed by atoms with Gasteiger partial charge in [-0.05, 0) is 35.3 Å². The second-order valence-electron chi connectivity index (χ2n) is 1.75. The van der Waals surface area contributed by atoms with Gasteiger partial charge >= 0.3 is 6.07 Å². The maximum atomic E-state index is 9.30. The van der Waals surface area contributed by atoms with E-state index in [1.165, 1.54) is 12.8 Å². The summed E-state index contributed by atoms with van der Waals surface area (Å²) in [6.07, 6.45) is -1.14. The van der Waals surface area contributed by atoms with Crippen molar-refractivity contribution in [2.45, 2.75) is 12.8 Å². The van der Waals surface area contributed by atoms with Crippen molar-refractivity contribution in [2.75, 3.05) is 13.2 Å². The molecule has 0 spiro atoms. The molecule has 1 fully saturated rings. The van der Waals surface area contributed by atoms with Crippen molar-refractivity contribution in [3.8, 4) is 0 Å². The van der Waals surface area contributed by atoms with E-state index < -0.39 is 6.07 Å². The summed E-state index contributed by atoms with van der Waals surface area (Å²) in [6.45, 7) is 2.00. The van der Waals surface area contributed by atoms with Gasteiger partial charge in [-0.2, -0.15) is 0 Å². The Hall–Kier alpha value is 0.730. The first-order chi connectivity index (χ1) is 4.50. The lowest BCUT2D eigenvalue weighted by atomic mass is 10.4. The number of halogens is 2. The van der Waals surface area contributed by atoms with E-state index in [4.69, 9.17) is 9.63 Å². The Morgan fingerprint density at radius 1 is 1.30 bits per heavy atom. The average Bonchev–Trinajstić information content (AvgIpc) is 2.07. The molecule has 10 heavy (non-hydrogen) atoms. The van der Waals surface area contributed by atoms with Crippen molar-refractivity contribution < 1.29 is 14.2 Å². The third kappa shape index (κ3) is 15.9. The van der Waals surface area contributed by atoms with Crippen LogP contribution in [0.5, 0.6) is 0 Å². The maximum absolute atomic E-state index is 9.30. The Kier molecular flexibility index (Phi) is 5.78. The maximum Gasteiger partial charge on any atom is 0.377 e. The SMILES string of the molecule is C1CCOC1.O=P(O)(Cl)Cl. The standard InChI is InChI=1S/C4H8O.Cl2HO2P/c1-2-4-5-3-1;1-5(2,3)4/h1-4H2;(H,3,4). The molecule has 0 aromatic heterocycles. The molecular weight excluding hydrogens is 198 g/mol. The third-order valence-corrected chi connectivity index (χ3v) is 0.827. The number of hydrogen-bond acceptors (Lipinski definition) is 2. The largest absolute Gasteiger partial charge is 0.381 e. The first-order valence-electron chi connectivity index (χ1n) is 2.80. The molecule has 0 aromatic rings. The van der Waals surface area contributed by atoms with Gasteiger partial charge in [-0.15, -0.1) is 0 Å². The molecule has 1 N–H and O–H groups in total. The highest BCUT2D eigenvalue weighted by atomic mass is 35.9. The van der Waals surface area contributed by atoms with Crippen LogP contribution in [0.15, 0.2) is 0 Å². The normalized spacial score (nSPS) is 17.9. The van der Waals surface area contributed by atoms with Crippen LogP contribution in [-0.4, -0.2) is 18.1 Å². The number of hydrogen-bond donors (Lipinski definition) is 1. The van der Waals surface area contributed by atoms with Crippen molar-refractivity contribution >= 4 is 28.6 Å². The van der Waals surface area contributed by atoms with Crippen molar-refractivity contribution in [3.05, 3.63) is 0 Å². The van der Waals surface area contributed by atoms with Crippen LogP contribution in [0.4, 0.5) is 0 Å². The van der Waals surface area contributed by atoms with Crippen molar-refractivity contribution in [1.29, 1.82) is 0 Å². The fourth-order valence-corrected chi connectivity index (χ4v) is 0.510. The van der Waals surface area contributed by atoms with Crippen molar-refractivity contribution in [1.82, 2.24) is 0 Å². The quantitative estimate of drug-likeness (QED) is 0.620. The molecule has 1 heterocycles. The van der Waals surface area contributed by atoms with Gasteiger partial charge in [0, 0.05) is 13.2 Å². The summed E-state index contributed by atoms with van der Waals surface area (Å²) in [5.74, 6) is 0. The Morgan fingerprint density at radius 3 is 1.70 bits per heavy atom. The number of ether oxygens (including phenoxy) is 1. The first-order valence-corrected chi connectivity index (χ1v) is 6.27. The summed E-state index contributed by atoms with van der Waals surface area (Å²) < 4.78 is 14.2. The molecule has 1 aliphatic rings. The summed E-state index contributed by atoms with van der Waals surface area (Å²) in [5.41, 5.74) is 0. The highest BCUT2D eigenvalue weighted by Crippen LogP contribution is 2.51. The monoisotopic (exact) mass is 206 g/mol. The van der Waals surface area contributed by atoms with Crippen LogP contribution in [-0.2, 0) is 9.30 Å². The molecule has 0 unspecified atom stereocenters. The molecule has 0 bridgehead atoms. The lowest BCUT2D eigenvalue weighted by Crippen LogP contribution is -1.74. The summed E-state index contributed by atoms with van der Waals surface area (Å²) in [5, 5.41) is 0. The molecule has 0 amide bonds. The molecule has 6 heteroatoms. The molecule has 0 aliphatic carbocycles. The second kappa shape index (κ2) is 5.39. The van der Waals surface area contributed by atoms with Crippen LogP contribution in [0.1, 0.15) is 12.8 Å². The number of rotatable bonds is 0. The molecular formula is C4H9Cl2O3P. The van der Waals surface area contributed by atoms with Gasteiger partial charge in [0.15, 0.2) is 0 Å². The predicted molar refractivity (Wildman–Crippen MR) is 41.6 cm³/mol. The van der Waals surface area contributed by atoms with E-state index in [1.807, 2.05) is 0 Å². The molecule has 3 nitrogen and oxygen atoms in total. The molecule has 0 saturated carbocycles. The predicted octanol–water partition coefficient (Wildman–Crippen LogP) is 2.36. The summed E-state index contributed by atoms with van der Waals surface area (Å²) in [6, 6.07) is 0. The lowest BCUT2D eigenvalue weighted by Gasteiger charge is -1.77. The van der Waals surface area contributed by atoms with Crippen LogP contribution in [0, 0.1) is 0 Å². The first kappa shape index (κ1) is 10.7. The van der Waals surface area contributed by atoms with Gasteiger partial charge in [0.05, 0.1) is 0 Å². The van der Waals surface area contributed by atoms with E-state index in [2.05, 4.69) is 22.5 Å². The van der Waals surface area contributed by atoms with E-state index >= 15 is 0 Å². The summed E-state index contributed by atoms with van der Waals surface area (Å²) >= 11 is 8.81. The molecule has 1 saturated heterocycles. The zero-order chi connectivity index (χ0) is 8.04. The third-order valence-electron chi connectivity index (χ3n) is 0.827. The fraction of sp³-hybridized carbons (Fsp3) is 1.00. The van der Waals surface area contributed by atoms with E-state index in [0.29, 0.717) is 0 Å².